The van der Waals surface area contributed by atoms with Gasteiger partial charge in [-0.1, -0.05) is 55.2 Å². The van der Waals surface area contributed by atoms with Crippen LogP contribution in [0.25, 0.3) is 11.1 Å². The number of aliphatic hydroxyl groups excluding tert-OH is 6. The summed E-state index contributed by atoms with van der Waals surface area (Å²) in [5, 5.41) is 121. The van der Waals surface area contributed by atoms with Crippen molar-refractivity contribution in [1.29, 1.82) is 0 Å². The minimum absolute atomic E-state index is 0.113. The quantitative estimate of drug-likeness (QED) is 0.0944. The summed E-state index contributed by atoms with van der Waals surface area (Å²) in [5.41, 5.74) is 9.48. The molecule has 5 amide bonds. The maximum Gasteiger partial charge on any atom is 0.330 e. The van der Waals surface area contributed by atoms with Gasteiger partial charge in [0.1, 0.15) is 83.5 Å². The van der Waals surface area contributed by atoms with Crippen LogP contribution >= 0.6 is 23.2 Å². The molecule has 6 heterocycles. The van der Waals surface area contributed by atoms with Crippen molar-refractivity contribution in [2.24, 2.45) is 23.3 Å². The molecule has 14 atom stereocenters. The number of carbonyl (C=O) groups excluding carboxylic acids is 7. The summed E-state index contributed by atoms with van der Waals surface area (Å²) >= 11 is 13.8. The molecule has 0 aliphatic carbocycles. The maximum atomic E-state index is 15.9. The molecule has 30 heteroatoms. The lowest BCUT2D eigenvalue weighted by Gasteiger charge is -2.39. The number of ether oxygens (including phenoxy) is 4. The van der Waals surface area contributed by atoms with Gasteiger partial charge in [0.15, 0.2) is 29.1 Å². The second-order valence-corrected chi connectivity index (χ2v) is 23.3. The third kappa shape index (κ3) is 13.7. The van der Waals surface area contributed by atoms with Crippen molar-refractivity contribution in [2.75, 3.05) is 6.61 Å². The largest absolute Gasteiger partial charge is 0.508 e. The number of carboxylic acid groups (broad SMARTS) is 1. The molecule has 11 bridgehead atoms. The van der Waals surface area contributed by atoms with Crippen LogP contribution in [0.2, 0.25) is 10.0 Å². The van der Waals surface area contributed by atoms with Gasteiger partial charge in [0.25, 0.3) is 0 Å². The van der Waals surface area contributed by atoms with Crippen molar-refractivity contribution in [2.45, 2.75) is 119 Å². The van der Waals surface area contributed by atoms with Crippen LogP contribution in [0.15, 0.2) is 78.9 Å². The minimum Gasteiger partial charge on any atom is -0.508 e. The van der Waals surface area contributed by atoms with Gasteiger partial charge < -0.3 is 103 Å². The fourth-order valence-electron chi connectivity index (χ4n) is 11.0. The molecule has 28 nitrogen and oxygen atoms in total. The predicted molar refractivity (Wildman–Crippen MR) is 311 cm³/mol. The highest BCUT2D eigenvalue weighted by Crippen LogP contribution is 2.50. The first-order valence-electron chi connectivity index (χ1n) is 27.9. The summed E-state index contributed by atoms with van der Waals surface area (Å²) in [6.45, 7) is 2.61. The number of benzene rings is 5. The number of aliphatic carboxylic acids is 1. The van der Waals surface area contributed by atoms with Gasteiger partial charge in [-0.15, -0.1) is 0 Å². The lowest BCUT2D eigenvalue weighted by molar-refractivity contribution is -0.277. The molecular weight excluding hydrogens is 1230 g/mol. The normalized spacial score (nSPS) is 26.6. The van der Waals surface area contributed by atoms with Crippen molar-refractivity contribution >= 4 is 70.3 Å². The Kier molecular flexibility index (Phi) is 19.6. The van der Waals surface area contributed by atoms with Gasteiger partial charge in [-0.25, -0.2) is 4.79 Å². The Morgan fingerprint density at radius 2 is 1.32 bits per heavy atom. The molecule has 0 spiro atoms. The Bertz CT molecular complexity index is 3700. The van der Waals surface area contributed by atoms with Crippen LogP contribution < -0.4 is 46.9 Å². The fraction of sp³-hybridized carbons (Fsp3) is 0.367. The average molecular weight is 1290 g/mol. The Balaban J connectivity index is 1.32. The molecule has 0 aromatic heterocycles. The van der Waals surface area contributed by atoms with Crippen molar-refractivity contribution in [3.63, 3.8) is 0 Å². The van der Waals surface area contributed by atoms with E-state index in [0.717, 1.165) is 66.7 Å². The van der Waals surface area contributed by atoms with Crippen LogP contribution in [0.5, 0.6) is 46.0 Å². The van der Waals surface area contributed by atoms with E-state index in [0.29, 0.717) is 0 Å². The zero-order valence-corrected chi connectivity index (χ0v) is 49.0. The number of hydrogen-bond acceptors (Lipinski definition) is 22. The Labute approximate surface area is 520 Å². The summed E-state index contributed by atoms with van der Waals surface area (Å²) in [7, 11) is 0. The van der Waals surface area contributed by atoms with Gasteiger partial charge in [-0.3, -0.25) is 33.6 Å². The Morgan fingerprint density at radius 3 is 1.91 bits per heavy atom. The van der Waals surface area contributed by atoms with Crippen LogP contribution in [0, 0.1) is 11.8 Å². The number of nitrogens with two attached hydrogens (primary N) is 2. The average Bonchev–Trinajstić information content (AvgIpc) is 1.21. The van der Waals surface area contributed by atoms with Crippen molar-refractivity contribution in [3.05, 3.63) is 117 Å². The number of hydrogen-bond donors (Lipinski definition) is 16. The van der Waals surface area contributed by atoms with E-state index in [4.69, 9.17) is 53.6 Å². The van der Waals surface area contributed by atoms with Crippen molar-refractivity contribution in [3.8, 4) is 57.1 Å². The highest BCUT2D eigenvalue weighted by Gasteiger charge is 2.47. The number of phenols is 3. The zero-order chi connectivity index (χ0) is 65.5. The highest BCUT2D eigenvalue weighted by atomic mass is 35.5. The van der Waals surface area contributed by atoms with Gasteiger partial charge in [0.05, 0.1) is 34.5 Å². The van der Waals surface area contributed by atoms with Crippen LogP contribution in [0.4, 0.5) is 0 Å². The molecule has 11 rings (SSSR count). The molecule has 18 N–H and O–H groups in total. The van der Waals surface area contributed by atoms with E-state index in [9.17, 15) is 75.0 Å². The molecule has 1 saturated heterocycles. The number of fused-ring (bicyclic) bond motifs is 15. The summed E-state index contributed by atoms with van der Waals surface area (Å²) in [5.74, 6) is -18.7. The van der Waals surface area contributed by atoms with Gasteiger partial charge >= 0.3 is 5.97 Å². The van der Waals surface area contributed by atoms with Crippen LogP contribution in [-0.2, 0) is 43.1 Å². The van der Waals surface area contributed by atoms with Crippen molar-refractivity contribution < 1.29 is 108 Å². The van der Waals surface area contributed by atoms with Crippen molar-refractivity contribution in [1.82, 2.24) is 21.3 Å². The molecule has 90 heavy (non-hydrogen) atoms. The van der Waals surface area contributed by atoms with Gasteiger partial charge in [-0.2, -0.15) is 0 Å². The Morgan fingerprint density at radius 1 is 0.700 bits per heavy atom. The zero-order valence-electron chi connectivity index (χ0n) is 47.5. The predicted octanol–water partition coefficient (Wildman–Crippen LogP) is 1.58. The number of rotatable bonds is 10. The minimum atomic E-state index is -2.22. The van der Waals surface area contributed by atoms with Gasteiger partial charge in [0, 0.05) is 42.0 Å². The third-order valence-electron chi connectivity index (χ3n) is 15.7. The van der Waals surface area contributed by atoms with Crippen LogP contribution in [0.3, 0.4) is 0 Å². The summed E-state index contributed by atoms with van der Waals surface area (Å²) in [6.07, 6.45) is -16.8. The number of nitrogens with one attached hydrogen (secondary N) is 4. The molecule has 0 saturated carbocycles. The Hall–Kier alpha value is -8.68. The fourth-order valence-corrected chi connectivity index (χ4v) is 11.5. The number of carbonyl (C=O) groups is 8. The van der Waals surface area contributed by atoms with Gasteiger partial charge in [0.2, 0.25) is 41.6 Å². The van der Waals surface area contributed by atoms with E-state index in [1.165, 1.54) is 12.1 Å². The van der Waals surface area contributed by atoms with E-state index in [2.05, 4.69) is 21.3 Å². The first-order chi connectivity index (χ1) is 42.5. The standard InChI is InChI=1S/C60H62Cl2N6O22/c1-21(2)9-33(63)57(83)67-47-36(73)13-26(16-43(64)75)55(81)65-45-25-14-40(87-38-7-4-23(49(47)76)11-31(38)61)54(90-60-53(80)52(79)51(78)42(20-69)89-60)41(15-25)88-39-8-5-24(12-32(39)62)50(77)48-58(84)66-46(59(85)86)30-17-27(70)18-35(72)44(30)29-10-22(3-6-34(29)71)28(19-37(45)74)56(82)68-48/h3-8,10-12,14-15,17-18,21,26,28,33,42,45-53,60,69-72,76-80H,9,13,16,19-20,63H2,1-2H3,(H2,64,75)(H,65,81)(H,66,84)(H,67,83)(H,68,82)(H,85,86)/t26-,28+,33+,42?,45+,46-,47-,48+,49+,50+,51?,52?,53?,60?/m0/s1. The summed E-state index contributed by atoms with van der Waals surface area (Å²) < 4.78 is 24.9. The molecular formula is C60H62Cl2N6O22. The highest BCUT2D eigenvalue weighted by molar-refractivity contribution is 6.32. The topological polar surface area (TPSA) is 476 Å². The number of Topliss-reactive ketones (excluding diaryl/α,β-unsaturated/α-hetero) is 2. The molecule has 0 radical (unpaired) electrons. The summed E-state index contributed by atoms with van der Waals surface area (Å²) in [4.78, 5) is 115. The van der Waals surface area contributed by atoms with Crippen LogP contribution in [0.1, 0.15) is 97.6 Å². The second-order valence-electron chi connectivity index (χ2n) is 22.5. The maximum absolute atomic E-state index is 15.9. The number of primary amides is 1. The van der Waals surface area contributed by atoms with Gasteiger partial charge in [-0.05, 0) is 89.2 Å². The number of ketones is 2. The number of aromatic hydroxyl groups is 3. The number of carboxylic acids is 1. The third-order valence-corrected chi connectivity index (χ3v) is 16.3. The van der Waals surface area contributed by atoms with Crippen LogP contribution in [-0.4, -0.2) is 154 Å². The molecule has 6 aliphatic rings. The smallest absolute Gasteiger partial charge is 0.330 e. The first kappa shape index (κ1) is 65.8. The molecule has 5 aromatic carbocycles. The van der Waals surface area contributed by atoms with E-state index in [1.807, 2.05) is 0 Å². The number of halogens is 2. The lowest BCUT2D eigenvalue weighted by atomic mass is 9.84. The SMILES string of the molecule is CC(C)C[C@@H](N)C(=O)N[C@H]1C(=O)C[C@@H](CC(N)=O)C(=O)N[C@H]2C(=O)C[C@H]3C(=O)N[C@@H](C(=O)N[C@H](C(=O)O)c4cc(O)cc(O)c4-c4cc3ccc4O)[C@H](O)c3ccc(c(Cl)c3)Oc3cc2cc(c3OC2OC(CO)C(O)C(O)C2O)Oc2ccc(cc2Cl)[C@H]1O. The molecule has 6 aliphatic heterocycles. The molecule has 5 aromatic rings. The molecule has 478 valence electrons. The van der Waals surface area contributed by atoms with E-state index in [1.54, 1.807) is 13.8 Å². The number of amides is 5. The lowest BCUT2D eigenvalue weighted by Crippen LogP contribution is -2.60. The molecule has 5 unspecified atom stereocenters. The summed E-state index contributed by atoms with van der Waals surface area (Å²) in [6, 6.07) is 4.12. The first-order valence-corrected chi connectivity index (χ1v) is 28.7. The monoisotopic (exact) mass is 1290 g/mol. The second kappa shape index (κ2) is 26.8. The number of aliphatic hydroxyl groups is 6. The van der Waals surface area contributed by atoms with E-state index < -0.39 is 214 Å². The molecule has 1 fully saturated rings. The van der Waals surface area contributed by atoms with E-state index >= 15 is 14.4 Å². The van der Waals surface area contributed by atoms with E-state index in [-0.39, 0.29) is 51.1 Å². The number of phenolic OH excluding ortho intramolecular Hbond substituents is 3.